The Balaban J connectivity index is 2.74. The first kappa shape index (κ1) is 15.0. The number of alkyl halides is 3. The number of carbonyl (C=O) groups is 1. The third-order valence-electron chi connectivity index (χ3n) is 2.28. The van der Waals surface area contributed by atoms with Crippen LogP contribution in [-0.4, -0.2) is 18.1 Å². The molecule has 1 aromatic carbocycles. The van der Waals surface area contributed by atoms with Gasteiger partial charge < -0.3 is 5.32 Å². The smallest absolute Gasteiger partial charge is 0.349 e. The van der Waals surface area contributed by atoms with Crippen LogP contribution in [0.5, 0.6) is 0 Å². The van der Waals surface area contributed by atoms with Gasteiger partial charge in [0.15, 0.2) is 0 Å². The summed E-state index contributed by atoms with van der Waals surface area (Å²) in [6.45, 7) is 3.14. The van der Waals surface area contributed by atoms with Gasteiger partial charge >= 0.3 is 6.18 Å². The minimum absolute atomic E-state index is 0.337. The van der Waals surface area contributed by atoms with E-state index in [2.05, 4.69) is 21.2 Å². The first-order valence-electron chi connectivity index (χ1n) is 5.33. The second-order valence-electron chi connectivity index (χ2n) is 4.18. The number of halogens is 4. The van der Waals surface area contributed by atoms with Crippen molar-refractivity contribution in [1.82, 2.24) is 5.32 Å². The lowest BCUT2D eigenvalue weighted by Crippen LogP contribution is -2.36. The van der Waals surface area contributed by atoms with Crippen molar-refractivity contribution < 1.29 is 18.0 Å². The lowest BCUT2D eigenvalue weighted by Gasteiger charge is -2.16. The molecule has 0 saturated carbocycles. The van der Waals surface area contributed by atoms with Gasteiger partial charge in [-0.25, -0.2) is 0 Å². The molecule has 0 fully saturated rings. The van der Waals surface area contributed by atoms with Crippen molar-refractivity contribution in [3.05, 3.63) is 33.8 Å². The molecule has 1 atom stereocenters. The van der Waals surface area contributed by atoms with Crippen LogP contribution in [0.3, 0.4) is 0 Å². The summed E-state index contributed by atoms with van der Waals surface area (Å²) < 4.78 is 37.0. The maximum absolute atomic E-state index is 12.1. The molecule has 18 heavy (non-hydrogen) atoms. The molecule has 0 heterocycles. The van der Waals surface area contributed by atoms with Gasteiger partial charge in [-0.1, -0.05) is 11.6 Å². The van der Waals surface area contributed by atoms with Crippen LogP contribution in [0.15, 0.2) is 22.7 Å². The Morgan fingerprint density at radius 2 is 2.06 bits per heavy atom. The normalized spacial score (nSPS) is 13.2. The summed E-state index contributed by atoms with van der Waals surface area (Å²) >= 11 is 3.20. The number of nitrogens with one attached hydrogen (secondary N) is 1. The molecule has 0 saturated heterocycles. The molecule has 2 nitrogen and oxygen atoms in total. The summed E-state index contributed by atoms with van der Waals surface area (Å²) in [5.41, 5.74) is 1.20. The van der Waals surface area contributed by atoms with E-state index in [0.717, 1.165) is 5.56 Å². The molecule has 1 rings (SSSR count). The van der Waals surface area contributed by atoms with E-state index >= 15 is 0 Å². The second kappa shape index (κ2) is 5.73. The van der Waals surface area contributed by atoms with Gasteiger partial charge in [-0.2, -0.15) is 13.2 Å². The van der Waals surface area contributed by atoms with E-state index in [1.807, 2.05) is 6.92 Å². The van der Waals surface area contributed by atoms with Crippen molar-refractivity contribution in [2.75, 3.05) is 0 Å². The Morgan fingerprint density at radius 3 is 2.61 bits per heavy atom. The number of hydrogen-bond acceptors (Lipinski definition) is 1. The molecule has 1 amide bonds. The lowest BCUT2D eigenvalue weighted by atomic mass is 10.1. The highest BCUT2D eigenvalue weighted by Gasteiger charge is 2.30. The average Bonchev–Trinajstić information content (AvgIpc) is 2.18. The standard InChI is InChI=1S/C12H13BrF3NO/c1-7-3-4-10(13)9(5-7)11(18)17-8(2)6-12(14,15)16/h3-5,8H,6H2,1-2H3,(H,17,18). The fourth-order valence-electron chi connectivity index (χ4n) is 1.51. The highest BCUT2D eigenvalue weighted by atomic mass is 79.9. The zero-order valence-corrected chi connectivity index (χ0v) is 11.5. The van der Waals surface area contributed by atoms with Gasteiger partial charge in [0, 0.05) is 10.5 Å². The molecular weight excluding hydrogens is 311 g/mol. The first-order chi connectivity index (χ1) is 8.19. The van der Waals surface area contributed by atoms with Crippen LogP contribution in [0.2, 0.25) is 0 Å². The molecule has 0 aromatic heterocycles. The maximum Gasteiger partial charge on any atom is 0.391 e. The molecule has 0 radical (unpaired) electrons. The monoisotopic (exact) mass is 323 g/mol. The largest absolute Gasteiger partial charge is 0.391 e. The highest BCUT2D eigenvalue weighted by molar-refractivity contribution is 9.10. The summed E-state index contributed by atoms with van der Waals surface area (Å²) in [6.07, 6.45) is -5.32. The van der Waals surface area contributed by atoms with E-state index in [4.69, 9.17) is 0 Å². The summed E-state index contributed by atoms with van der Waals surface area (Å²) in [6, 6.07) is 4.17. The predicted octanol–water partition coefficient (Wildman–Crippen LogP) is 3.83. The fourth-order valence-corrected chi connectivity index (χ4v) is 1.94. The van der Waals surface area contributed by atoms with E-state index in [0.29, 0.717) is 10.0 Å². The van der Waals surface area contributed by atoms with Crippen molar-refractivity contribution in [3.63, 3.8) is 0 Å². The summed E-state index contributed by atoms with van der Waals surface area (Å²) in [5.74, 6) is -0.512. The Bertz CT molecular complexity index is 445. The number of amides is 1. The molecule has 1 unspecified atom stereocenters. The molecule has 0 spiro atoms. The quantitative estimate of drug-likeness (QED) is 0.900. The van der Waals surface area contributed by atoms with E-state index in [-0.39, 0.29) is 0 Å². The average molecular weight is 324 g/mol. The predicted molar refractivity (Wildman–Crippen MR) is 66.5 cm³/mol. The topological polar surface area (TPSA) is 29.1 Å². The summed E-state index contributed by atoms with van der Waals surface area (Å²) in [4.78, 5) is 11.8. The molecule has 0 aliphatic carbocycles. The van der Waals surface area contributed by atoms with Crippen LogP contribution in [0.25, 0.3) is 0 Å². The number of hydrogen-bond donors (Lipinski definition) is 1. The molecule has 0 bridgehead atoms. The first-order valence-corrected chi connectivity index (χ1v) is 6.12. The van der Waals surface area contributed by atoms with Gasteiger partial charge in [-0.3, -0.25) is 4.79 Å². The third-order valence-corrected chi connectivity index (χ3v) is 2.97. The summed E-state index contributed by atoms with van der Waals surface area (Å²) in [5, 5.41) is 2.33. The number of aryl methyl sites for hydroxylation is 1. The van der Waals surface area contributed by atoms with Crippen molar-refractivity contribution in [1.29, 1.82) is 0 Å². The minimum Gasteiger partial charge on any atom is -0.349 e. The number of rotatable bonds is 3. The van der Waals surface area contributed by atoms with Crippen molar-refractivity contribution in [2.24, 2.45) is 0 Å². The van der Waals surface area contributed by atoms with E-state index < -0.39 is 24.5 Å². The lowest BCUT2D eigenvalue weighted by molar-refractivity contribution is -0.138. The van der Waals surface area contributed by atoms with Crippen LogP contribution in [0, 0.1) is 6.92 Å². The minimum atomic E-state index is -4.28. The van der Waals surface area contributed by atoms with Crippen LogP contribution in [0.1, 0.15) is 29.3 Å². The van der Waals surface area contributed by atoms with Crippen LogP contribution in [0.4, 0.5) is 13.2 Å². The Labute approximate surface area is 112 Å². The van der Waals surface area contributed by atoms with E-state index in [1.54, 1.807) is 18.2 Å². The summed E-state index contributed by atoms with van der Waals surface area (Å²) in [7, 11) is 0. The fraction of sp³-hybridized carbons (Fsp3) is 0.417. The maximum atomic E-state index is 12.1. The zero-order chi connectivity index (χ0) is 13.9. The van der Waals surface area contributed by atoms with Gasteiger partial charge in [0.2, 0.25) is 0 Å². The molecule has 6 heteroatoms. The van der Waals surface area contributed by atoms with Gasteiger partial charge in [0.1, 0.15) is 0 Å². The molecule has 100 valence electrons. The SMILES string of the molecule is Cc1ccc(Br)c(C(=O)NC(C)CC(F)(F)F)c1. The van der Waals surface area contributed by atoms with Crippen molar-refractivity contribution in [3.8, 4) is 0 Å². The molecular formula is C12H13BrF3NO. The Hall–Kier alpha value is -1.04. The number of benzene rings is 1. The van der Waals surface area contributed by atoms with Crippen molar-refractivity contribution in [2.45, 2.75) is 32.5 Å². The zero-order valence-electron chi connectivity index (χ0n) is 9.94. The Morgan fingerprint density at radius 1 is 1.44 bits per heavy atom. The highest BCUT2D eigenvalue weighted by Crippen LogP contribution is 2.22. The molecule has 1 N–H and O–H groups in total. The Kier molecular flexibility index (Phi) is 4.78. The van der Waals surface area contributed by atoms with Crippen LogP contribution < -0.4 is 5.32 Å². The molecule has 0 aliphatic rings. The van der Waals surface area contributed by atoms with E-state index in [1.165, 1.54) is 6.92 Å². The third kappa shape index (κ3) is 4.68. The van der Waals surface area contributed by atoms with Crippen molar-refractivity contribution >= 4 is 21.8 Å². The van der Waals surface area contributed by atoms with Gasteiger partial charge in [-0.15, -0.1) is 0 Å². The van der Waals surface area contributed by atoms with Gasteiger partial charge in [0.25, 0.3) is 5.91 Å². The molecule has 0 aliphatic heterocycles. The molecule has 1 aromatic rings. The second-order valence-corrected chi connectivity index (χ2v) is 5.03. The number of carbonyl (C=O) groups excluding carboxylic acids is 1. The van der Waals surface area contributed by atoms with Crippen LogP contribution in [-0.2, 0) is 0 Å². The van der Waals surface area contributed by atoms with Gasteiger partial charge in [-0.05, 0) is 41.9 Å². The van der Waals surface area contributed by atoms with E-state index in [9.17, 15) is 18.0 Å². The van der Waals surface area contributed by atoms with Gasteiger partial charge in [0.05, 0.1) is 12.0 Å². The van der Waals surface area contributed by atoms with Crippen LogP contribution >= 0.6 is 15.9 Å².